The van der Waals surface area contributed by atoms with E-state index in [-0.39, 0.29) is 24.3 Å². The fourth-order valence-electron chi connectivity index (χ4n) is 4.28. The predicted molar refractivity (Wildman–Crippen MR) is 152 cm³/mol. The Bertz CT molecular complexity index is 1600. The molecule has 3 aromatic carbocycles. The van der Waals surface area contributed by atoms with Crippen molar-refractivity contribution in [2.24, 2.45) is 0 Å². The maximum absolute atomic E-state index is 13.5. The molecular weight excluding hydrogens is 488 g/mol. The molecule has 39 heavy (non-hydrogen) atoms. The Balaban J connectivity index is 1.60. The minimum atomic E-state index is -0.393. The minimum absolute atomic E-state index is 0.137. The number of ether oxygens (including phenoxy) is 1. The molecule has 4 rings (SSSR count). The molecule has 0 saturated heterocycles. The van der Waals surface area contributed by atoms with Gasteiger partial charge >= 0.3 is 0 Å². The summed E-state index contributed by atoms with van der Waals surface area (Å²) in [6, 6.07) is 22.0. The Labute approximate surface area is 228 Å². The first-order valence-electron chi connectivity index (χ1n) is 12.8. The third kappa shape index (κ3) is 6.85. The van der Waals surface area contributed by atoms with E-state index < -0.39 is 6.04 Å². The third-order valence-corrected chi connectivity index (χ3v) is 6.10. The monoisotopic (exact) mass is 518 g/mol. The van der Waals surface area contributed by atoms with E-state index in [9.17, 15) is 14.9 Å². The number of nitriles is 1. The molecule has 1 heterocycles. The number of aromatic nitrogens is 1. The lowest BCUT2D eigenvalue weighted by atomic mass is 10.0. The standard InChI is InChI=1S/C32H30N4O3/c1-21(2)39-30-14-13-23(12-11-22-7-6-8-24(17-22)31(37)34-3)18-28(30)32(38)36-26(15-16-33)19-25-20-35-29-10-5-4-9-27(25)29/h4-10,13-14,17-18,20-21,26,35H,15,19H2,1-3H3,(H,34,37)(H,36,38). The van der Waals surface area contributed by atoms with Crippen LogP contribution in [0.25, 0.3) is 10.9 Å². The first-order chi connectivity index (χ1) is 18.9. The van der Waals surface area contributed by atoms with Crippen molar-refractivity contribution in [1.82, 2.24) is 15.6 Å². The number of hydrogen-bond acceptors (Lipinski definition) is 4. The van der Waals surface area contributed by atoms with Crippen molar-refractivity contribution in [2.75, 3.05) is 7.05 Å². The molecule has 1 atom stereocenters. The van der Waals surface area contributed by atoms with Crippen LogP contribution in [0.15, 0.2) is 72.9 Å². The smallest absolute Gasteiger partial charge is 0.255 e. The second-order valence-corrected chi connectivity index (χ2v) is 9.38. The lowest BCUT2D eigenvalue weighted by Crippen LogP contribution is -2.36. The highest BCUT2D eigenvalue weighted by molar-refractivity contribution is 5.97. The van der Waals surface area contributed by atoms with Crippen molar-refractivity contribution in [1.29, 1.82) is 5.26 Å². The molecule has 3 N–H and O–H groups in total. The molecule has 2 amide bonds. The molecule has 7 nitrogen and oxygen atoms in total. The van der Waals surface area contributed by atoms with Crippen molar-refractivity contribution in [3.05, 3.63) is 101 Å². The summed E-state index contributed by atoms with van der Waals surface area (Å²) in [5.41, 5.74) is 4.20. The van der Waals surface area contributed by atoms with Gasteiger partial charge < -0.3 is 20.4 Å². The molecule has 0 saturated carbocycles. The van der Waals surface area contributed by atoms with Gasteiger partial charge in [-0.3, -0.25) is 9.59 Å². The number of para-hydroxylation sites is 1. The molecule has 0 spiro atoms. The lowest BCUT2D eigenvalue weighted by molar-refractivity contribution is 0.0929. The Hall–Kier alpha value is -5.01. The lowest BCUT2D eigenvalue weighted by Gasteiger charge is -2.18. The van der Waals surface area contributed by atoms with Gasteiger partial charge in [0.1, 0.15) is 5.75 Å². The van der Waals surface area contributed by atoms with Crippen molar-refractivity contribution in [3.8, 4) is 23.7 Å². The van der Waals surface area contributed by atoms with E-state index in [2.05, 4.69) is 33.5 Å². The number of benzene rings is 3. The molecule has 7 heteroatoms. The number of H-pyrrole nitrogens is 1. The van der Waals surface area contributed by atoms with E-state index in [1.165, 1.54) is 0 Å². The molecule has 0 bridgehead atoms. The van der Waals surface area contributed by atoms with Gasteiger partial charge in [-0.25, -0.2) is 0 Å². The molecule has 0 radical (unpaired) electrons. The Morgan fingerprint density at radius 3 is 2.49 bits per heavy atom. The predicted octanol–water partition coefficient (Wildman–Crippen LogP) is 4.97. The van der Waals surface area contributed by atoms with Crippen molar-refractivity contribution >= 4 is 22.7 Å². The van der Waals surface area contributed by atoms with Crippen LogP contribution in [0.3, 0.4) is 0 Å². The summed E-state index contributed by atoms with van der Waals surface area (Å²) in [6.07, 6.45) is 2.45. The summed E-state index contributed by atoms with van der Waals surface area (Å²) in [5.74, 6) is 6.07. The first kappa shape index (κ1) is 27.0. The summed E-state index contributed by atoms with van der Waals surface area (Å²) >= 11 is 0. The van der Waals surface area contributed by atoms with Gasteiger partial charge in [0.05, 0.1) is 24.2 Å². The number of carbonyl (C=O) groups excluding carboxylic acids is 2. The second-order valence-electron chi connectivity index (χ2n) is 9.38. The van der Waals surface area contributed by atoms with Gasteiger partial charge in [0, 0.05) is 46.9 Å². The molecule has 0 aliphatic rings. The molecule has 0 fully saturated rings. The van der Waals surface area contributed by atoms with Gasteiger partial charge in [-0.15, -0.1) is 0 Å². The Morgan fingerprint density at radius 1 is 0.974 bits per heavy atom. The van der Waals surface area contributed by atoms with Crippen LogP contribution in [0.2, 0.25) is 0 Å². The van der Waals surface area contributed by atoms with E-state index >= 15 is 0 Å². The van der Waals surface area contributed by atoms with E-state index in [4.69, 9.17) is 4.74 Å². The van der Waals surface area contributed by atoms with Crippen LogP contribution in [0.5, 0.6) is 5.75 Å². The maximum atomic E-state index is 13.5. The van der Waals surface area contributed by atoms with E-state index in [0.717, 1.165) is 16.5 Å². The molecule has 196 valence electrons. The van der Waals surface area contributed by atoms with Crippen LogP contribution in [-0.4, -0.2) is 36.0 Å². The fraction of sp³-hybridized carbons (Fsp3) is 0.219. The van der Waals surface area contributed by atoms with Gasteiger partial charge in [0.25, 0.3) is 11.8 Å². The number of nitrogens with zero attached hydrogens (tertiary/aromatic N) is 1. The number of nitrogens with one attached hydrogen (secondary N) is 3. The normalized spacial score (nSPS) is 11.3. The van der Waals surface area contributed by atoms with E-state index in [1.54, 1.807) is 43.4 Å². The zero-order valence-electron chi connectivity index (χ0n) is 22.2. The summed E-state index contributed by atoms with van der Waals surface area (Å²) in [7, 11) is 1.58. The number of amides is 2. The number of aromatic amines is 1. The fourth-order valence-corrected chi connectivity index (χ4v) is 4.28. The van der Waals surface area contributed by atoms with Gasteiger partial charge in [0.15, 0.2) is 0 Å². The summed E-state index contributed by atoms with van der Waals surface area (Å²) in [4.78, 5) is 28.7. The molecular formula is C32H30N4O3. The number of hydrogen-bond donors (Lipinski definition) is 3. The zero-order chi connectivity index (χ0) is 27.8. The highest BCUT2D eigenvalue weighted by atomic mass is 16.5. The van der Waals surface area contributed by atoms with Gasteiger partial charge in [-0.2, -0.15) is 5.26 Å². The van der Waals surface area contributed by atoms with Crippen LogP contribution in [0.4, 0.5) is 0 Å². The van der Waals surface area contributed by atoms with Gasteiger partial charge in [-0.1, -0.05) is 36.1 Å². The van der Waals surface area contributed by atoms with Crippen LogP contribution in [0, 0.1) is 23.2 Å². The third-order valence-electron chi connectivity index (χ3n) is 6.10. The van der Waals surface area contributed by atoms with Crippen molar-refractivity contribution in [2.45, 2.75) is 38.8 Å². The molecule has 4 aromatic rings. The van der Waals surface area contributed by atoms with Crippen LogP contribution in [-0.2, 0) is 6.42 Å². The number of carbonyl (C=O) groups is 2. The summed E-state index contributed by atoms with van der Waals surface area (Å²) in [6.45, 7) is 3.79. The van der Waals surface area contributed by atoms with Crippen molar-refractivity contribution in [3.63, 3.8) is 0 Å². The quantitative estimate of drug-likeness (QED) is 0.286. The first-order valence-corrected chi connectivity index (χ1v) is 12.8. The number of rotatable bonds is 8. The second kappa shape index (κ2) is 12.5. The van der Waals surface area contributed by atoms with E-state index in [0.29, 0.717) is 34.4 Å². The van der Waals surface area contributed by atoms with Gasteiger partial charge in [-0.05, 0) is 68.3 Å². The van der Waals surface area contributed by atoms with Crippen LogP contribution < -0.4 is 15.4 Å². The van der Waals surface area contributed by atoms with Crippen LogP contribution >= 0.6 is 0 Å². The average Bonchev–Trinajstić information content (AvgIpc) is 3.34. The van der Waals surface area contributed by atoms with Crippen LogP contribution in [0.1, 0.15) is 57.7 Å². The summed E-state index contributed by atoms with van der Waals surface area (Å²) in [5, 5.41) is 16.2. The minimum Gasteiger partial charge on any atom is -0.490 e. The SMILES string of the molecule is CNC(=O)c1cccc(C#Cc2ccc(OC(C)C)c(C(=O)NC(CC#N)Cc3c[nH]c4ccccc34)c2)c1. The number of fused-ring (bicyclic) bond motifs is 1. The molecule has 1 unspecified atom stereocenters. The molecule has 0 aliphatic carbocycles. The Morgan fingerprint density at radius 2 is 1.74 bits per heavy atom. The summed E-state index contributed by atoms with van der Waals surface area (Å²) < 4.78 is 5.92. The molecule has 0 aliphatic heterocycles. The van der Waals surface area contributed by atoms with Gasteiger partial charge in [0.2, 0.25) is 0 Å². The van der Waals surface area contributed by atoms with Crippen molar-refractivity contribution < 1.29 is 14.3 Å². The molecule has 1 aromatic heterocycles. The average molecular weight is 519 g/mol. The maximum Gasteiger partial charge on any atom is 0.255 e. The highest BCUT2D eigenvalue weighted by Gasteiger charge is 2.20. The van der Waals surface area contributed by atoms with E-state index in [1.807, 2.05) is 50.4 Å². The zero-order valence-corrected chi connectivity index (χ0v) is 22.2. The topological polar surface area (TPSA) is 107 Å². The highest BCUT2D eigenvalue weighted by Crippen LogP contribution is 2.23. The Kier molecular flexibility index (Phi) is 8.66. The largest absolute Gasteiger partial charge is 0.490 e.